The summed E-state index contributed by atoms with van der Waals surface area (Å²) in [4.78, 5) is 9.50. The molecule has 0 aliphatic heterocycles. The minimum atomic E-state index is -4.43. The third-order valence-corrected chi connectivity index (χ3v) is 4.31. The summed E-state index contributed by atoms with van der Waals surface area (Å²) in [5.41, 5.74) is -0.767. The lowest BCUT2D eigenvalue weighted by atomic mass is 10.2. The van der Waals surface area contributed by atoms with Crippen molar-refractivity contribution in [3.8, 4) is 0 Å². The number of nitrogens with zero attached hydrogens (tertiary/aromatic N) is 2. The van der Waals surface area contributed by atoms with Crippen LogP contribution in [0.1, 0.15) is 17.4 Å². The third kappa shape index (κ3) is 8.33. The fourth-order valence-corrected chi connectivity index (χ4v) is 2.91. The van der Waals surface area contributed by atoms with Crippen LogP contribution in [0.3, 0.4) is 0 Å². The van der Waals surface area contributed by atoms with Crippen molar-refractivity contribution in [2.45, 2.75) is 19.5 Å². The van der Waals surface area contributed by atoms with Crippen molar-refractivity contribution in [2.75, 3.05) is 31.5 Å². The standard InChI is InChI=1S/C17H22F3N5S.HI/c1-2-21-16(24-9-7-13-5-4-12-26-13)25-11-10-23-15-14(17(18,19)20)6-3-8-22-15;/h3-6,8,12H,2,7,9-11H2,1H3,(H,22,23)(H2,21,24,25);1H. The van der Waals surface area contributed by atoms with Crippen LogP contribution in [0.15, 0.2) is 40.8 Å². The van der Waals surface area contributed by atoms with Crippen LogP contribution >= 0.6 is 35.3 Å². The quantitative estimate of drug-likeness (QED) is 0.216. The largest absolute Gasteiger partial charge is 0.419 e. The van der Waals surface area contributed by atoms with Gasteiger partial charge in [0.25, 0.3) is 0 Å². The summed E-state index contributed by atoms with van der Waals surface area (Å²) >= 11 is 1.69. The smallest absolute Gasteiger partial charge is 0.368 e. The number of hydrogen-bond donors (Lipinski definition) is 3. The van der Waals surface area contributed by atoms with Crippen molar-refractivity contribution in [2.24, 2.45) is 4.99 Å². The first-order chi connectivity index (χ1) is 12.5. The van der Waals surface area contributed by atoms with Gasteiger partial charge in [0.15, 0.2) is 5.96 Å². The molecule has 0 atom stereocenters. The Hall–Kier alpha value is -1.56. The highest BCUT2D eigenvalue weighted by atomic mass is 127. The molecule has 0 aliphatic rings. The SMILES string of the molecule is CCNC(=NCCc1cccs1)NCCNc1ncccc1C(F)(F)F.I. The van der Waals surface area contributed by atoms with E-state index in [0.717, 1.165) is 12.5 Å². The molecule has 0 radical (unpaired) electrons. The summed E-state index contributed by atoms with van der Waals surface area (Å²) in [5.74, 6) is 0.476. The van der Waals surface area contributed by atoms with Crippen LogP contribution in [0.25, 0.3) is 0 Å². The van der Waals surface area contributed by atoms with E-state index in [2.05, 4.69) is 32.0 Å². The number of nitrogens with one attached hydrogen (secondary N) is 3. The molecule has 0 amide bonds. The number of aromatic nitrogens is 1. The van der Waals surface area contributed by atoms with E-state index in [0.29, 0.717) is 25.6 Å². The van der Waals surface area contributed by atoms with E-state index in [9.17, 15) is 13.2 Å². The fourth-order valence-electron chi connectivity index (χ4n) is 2.21. The Bertz CT molecular complexity index is 692. The topological polar surface area (TPSA) is 61.3 Å². The molecule has 10 heteroatoms. The maximum absolute atomic E-state index is 12.9. The van der Waals surface area contributed by atoms with Crippen molar-refractivity contribution in [3.05, 3.63) is 46.3 Å². The van der Waals surface area contributed by atoms with E-state index in [-0.39, 0.29) is 36.3 Å². The summed E-state index contributed by atoms with van der Waals surface area (Å²) < 4.78 is 38.8. The first-order valence-electron chi connectivity index (χ1n) is 8.31. The Balaban J connectivity index is 0.00000364. The lowest BCUT2D eigenvalue weighted by Crippen LogP contribution is -2.39. The number of hydrogen-bond acceptors (Lipinski definition) is 4. The van der Waals surface area contributed by atoms with Crippen molar-refractivity contribution >= 4 is 47.1 Å². The predicted molar refractivity (Wildman–Crippen MR) is 115 cm³/mol. The number of alkyl halides is 3. The molecular formula is C17H23F3IN5S. The van der Waals surface area contributed by atoms with Gasteiger partial charge in [-0.25, -0.2) is 4.98 Å². The highest BCUT2D eigenvalue weighted by Crippen LogP contribution is 2.33. The molecule has 0 bridgehead atoms. The number of halogens is 4. The van der Waals surface area contributed by atoms with E-state index >= 15 is 0 Å². The Morgan fingerprint density at radius 2 is 2.00 bits per heavy atom. The minimum Gasteiger partial charge on any atom is -0.368 e. The van der Waals surface area contributed by atoms with Crippen molar-refractivity contribution in [3.63, 3.8) is 0 Å². The van der Waals surface area contributed by atoms with Crippen LogP contribution in [0.4, 0.5) is 19.0 Å². The van der Waals surface area contributed by atoms with Gasteiger partial charge in [-0.2, -0.15) is 13.2 Å². The second-order valence-electron chi connectivity index (χ2n) is 5.34. The number of anilines is 1. The van der Waals surface area contributed by atoms with Gasteiger partial charge < -0.3 is 16.0 Å². The molecule has 0 saturated carbocycles. The monoisotopic (exact) mass is 513 g/mol. The first kappa shape index (κ1) is 23.5. The summed E-state index contributed by atoms with van der Waals surface area (Å²) in [6.45, 7) is 4.00. The molecule has 0 unspecified atom stereocenters. The number of pyridine rings is 1. The highest BCUT2D eigenvalue weighted by molar-refractivity contribution is 14.0. The maximum atomic E-state index is 12.9. The summed E-state index contributed by atoms with van der Waals surface area (Å²) in [6.07, 6.45) is -2.24. The lowest BCUT2D eigenvalue weighted by Gasteiger charge is -2.14. The summed E-state index contributed by atoms with van der Waals surface area (Å²) in [5, 5.41) is 11.0. The second kappa shape index (κ2) is 12.0. The molecule has 0 aromatic carbocycles. The van der Waals surface area contributed by atoms with Gasteiger partial charge in [-0.05, 0) is 30.5 Å². The Kier molecular flexibility index (Phi) is 10.4. The number of thiophene rings is 1. The number of guanidine groups is 1. The van der Waals surface area contributed by atoms with Gasteiger partial charge in [0.05, 0.1) is 5.56 Å². The Morgan fingerprint density at radius 1 is 1.19 bits per heavy atom. The van der Waals surface area contributed by atoms with Gasteiger partial charge in [0.1, 0.15) is 5.82 Å². The van der Waals surface area contributed by atoms with Gasteiger partial charge in [0.2, 0.25) is 0 Å². The highest BCUT2D eigenvalue weighted by Gasteiger charge is 2.33. The zero-order chi connectivity index (χ0) is 18.8. The normalized spacial score (nSPS) is 11.6. The summed E-state index contributed by atoms with van der Waals surface area (Å²) in [7, 11) is 0. The van der Waals surface area contributed by atoms with Gasteiger partial charge in [-0.3, -0.25) is 4.99 Å². The molecule has 3 N–H and O–H groups in total. The molecule has 0 aliphatic carbocycles. The fraction of sp³-hybridized carbons (Fsp3) is 0.412. The third-order valence-electron chi connectivity index (χ3n) is 3.38. The molecule has 0 saturated heterocycles. The van der Waals surface area contributed by atoms with Crippen LogP contribution in [0.2, 0.25) is 0 Å². The van der Waals surface area contributed by atoms with E-state index < -0.39 is 11.7 Å². The average molecular weight is 513 g/mol. The van der Waals surface area contributed by atoms with Crippen LogP contribution in [0, 0.1) is 0 Å². The van der Waals surface area contributed by atoms with E-state index in [1.807, 2.05) is 18.4 Å². The number of rotatable bonds is 8. The van der Waals surface area contributed by atoms with Crippen LogP contribution in [0.5, 0.6) is 0 Å². The van der Waals surface area contributed by atoms with Crippen molar-refractivity contribution in [1.29, 1.82) is 0 Å². The van der Waals surface area contributed by atoms with E-state index in [4.69, 9.17) is 0 Å². The Labute approximate surface area is 177 Å². The number of aliphatic imine (C=N–C) groups is 1. The molecule has 2 aromatic heterocycles. The zero-order valence-corrected chi connectivity index (χ0v) is 18.0. The molecule has 2 aromatic rings. The maximum Gasteiger partial charge on any atom is 0.419 e. The second-order valence-corrected chi connectivity index (χ2v) is 6.37. The van der Waals surface area contributed by atoms with Gasteiger partial charge in [0, 0.05) is 43.7 Å². The van der Waals surface area contributed by atoms with Crippen LogP contribution in [-0.2, 0) is 12.6 Å². The van der Waals surface area contributed by atoms with Gasteiger partial charge >= 0.3 is 6.18 Å². The van der Waals surface area contributed by atoms with Gasteiger partial charge in [-0.15, -0.1) is 35.3 Å². The van der Waals surface area contributed by atoms with Crippen molar-refractivity contribution < 1.29 is 13.2 Å². The molecule has 5 nitrogen and oxygen atoms in total. The minimum absolute atomic E-state index is 0. The molecule has 0 spiro atoms. The summed E-state index contributed by atoms with van der Waals surface area (Å²) in [6, 6.07) is 6.36. The molecular weight excluding hydrogens is 490 g/mol. The predicted octanol–water partition coefficient (Wildman–Crippen LogP) is 3.99. The van der Waals surface area contributed by atoms with Crippen molar-refractivity contribution in [1.82, 2.24) is 15.6 Å². The van der Waals surface area contributed by atoms with E-state index in [1.54, 1.807) is 11.3 Å². The van der Waals surface area contributed by atoms with Crippen LogP contribution < -0.4 is 16.0 Å². The molecule has 27 heavy (non-hydrogen) atoms. The van der Waals surface area contributed by atoms with E-state index in [1.165, 1.54) is 17.1 Å². The zero-order valence-electron chi connectivity index (χ0n) is 14.8. The van der Waals surface area contributed by atoms with Crippen LogP contribution in [-0.4, -0.2) is 37.1 Å². The molecule has 2 heterocycles. The molecule has 150 valence electrons. The molecule has 2 rings (SSSR count). The average Bonchev–Trinajstić information content (AvgIpc) is 3.11. The molecule has 0 fully saturated rings. The Morgan fingerprint density at radius 3 is 2.67 bits per heavy atom. The lowest BCUT2D eigenvalue weighted by molar-refractivity contribution is -0.137. The first-order valence-corrected chi connectivity index (χ1v) is 9.19. The van der Waals surface area contributed by atoms with Gasteiger partial charge in [-0.1, -0.05) is 6.07 Å².